The number of phenolic OH excluding ortho intramolecular Hbond substituents is 1. The molecule has 0 bridgehead atoms. The highest BCUT2D eigenvalue weighted by Gasteiger charge is 2.33. The lowest BCUT2D eigenvalue weighted by Crippen LogP contribution is -2.35. The van der Waals surface area contributed by atoms with E-state index in [0.717, 1.165) is 19.3 Å². The van der Waals surface area contributed by atoms with Crippen LogP contribution in [-0.4, -0.2) is 20.1 Å². The predicted molar refractivity (Wildman–Crippen MR) is 74.5 cm³/mol. The number of sulfonamides is 1. The fourth-order valence-electron chi connectivity index (χ4n) is 2.79. The predicted octanol–water partition coefficient (Wildman–Crippen LogP) is 2.64. The summed E-state index contributed by atoms with van der Waals surface area (Å²) in [5.41, 5.74) is 0.0947. The van der Waals surface area contributed by atoms with Gasteiger partial charge in [-0.15, -0.1) is 0 Å². The molecule has 1 aromatic carbocycles. The molecule has 1 aliphatic carbocycles. The van der Waals surface area contributed by atoms with Gasteiger partial charge in [0, 0.05) is 6.54 Å². The largest absolute Gasteiger partial charge is 0.507 e. The minimum absolute atomic E-state index is 0.0424. The summed E-state index contributed by atoms with van der Waals surface area (Å²) < 4.78 is 27.1. The summed E-state index contributed by atoms with van der Waals surface area (Å²) in [5, 5.41) is 9.64. The maximum absolute atomic E-state index is 12.2. The molecule has 0 amide bonds. The topological polar surface area (TPSA) is 66.4 Å². The van der Waals surface area contributed by atoms with Crippen molar-refractivity contribution in [1.29, 1.82) is 0 Å². The van der Waals surface area contributed by atoms with Crippen LogP contribution in [0.25, 0.3) is 0 Å². The SMILES string of the molecule is CCC1(CNS(=O)(=O)c2ccccc2O)CCCC1. The van der Waals surface area contributed by atoms with Gasteiger partial charge < -0.3 is 5.11 Å². The summed E-state index contributed by atoms with van der Waals surface area (Å²) >= 11 is 0. The Morgan fingerprint density at radius 3 is 2.47 bits per heavy atom. The van der Waals surface area contributed by atoms with Crippen LogP contribution in [0.1, 0.15) is 39.0 Å². The van der Waals surface area contributed by atoms with Crippen molar-refractivity contribution in [2.75, 3.05) is 6.54 Å². The van der Waals surface area contributed by atoms with E-state index in [1.54, 1.807) is 12.1 Å². The Labute approximate surface area is 114 Å². The Kier molecular flexibility index (Phi) is 4.16. The van der Waals surface area contributed by atoms with Gasteiger partial charge in [0.1, 0.15) is 10.6 Å². The zero-order valence-corrected chi connectivity index (χ0v) is 12.0. The van der Waals surface area contributed by atoms with Gasteiger partial charge in [-0.25, -0.2) is 13.1 Å². The van der Waals surface area contributed by atoms with E-state index in [4.69, 9.17) is 0 Å². The maximum Gasteiger partial charge on any atom is 0.244 e. The van der Waals surface area contributed by atoms with Gasteiger partial charge in [-0.3, -0.25) is 0 Å². The monoisotopic (exact) mass is 283 g/mol. The van der Waals surface area contributed by atoms with E-state index >= 15 is 0 Å². The molecular weight excluding hydrogens is 262 g/mol. The van der Waals surface area contributed by atoms with Crippen LogP contribution in [0.3, 0.4) is 0 Å². The van der Waals surface area contributed by atoms with Crippen molar-refractivity contribution in [3.05, 3.63) is 24.3 Å². The van der Waals surface area contributed by atoms with Gasteiger partial charge in [0.05, 0.1) is 0 Å². The second kappa shape index (κ2) is 5.51. The van der Waals surface area contributed by atoms with Crippen LogP contribution in [-0.2, 0) is 10.0 Å². The Morgan fingerprint density at radius 2 is 1.89 bits per heavy atom. The van der Waals surface area contributed by atoms with Gasteiger partial charge in [-0.2, -0.15) is 0 Å². The van der Waals surface area contributed by atoms with Gasteiger partial charge >= 0.3 is 0 Å². The standard InChI is InChI=1S/C14H21NO3S/c1-2-14(9-5-6-10-14)11-15-19(17,18)13-8-4-3-7-12(13)16/h3-4,7-8,15-16H,2,5-6,9-11H2,1H3. The van der Waals surface area contributed by atoms with E-state index in [1.807, 2.05) is 0 Å². The second-order valence-corrected chi connectivity index (χ2v) is 7.09. The van der Waals surface area contributed by atoms with E-state index in [0.29, 0.717) is 6.54 Å². The highest BCUT2D eigenvalue weighted by atomic mass is 32.2. The Hall–Kier alpha value is -1.07. The van der Waals surface area contributed by atoms with Crippen molar-refractivity contribution in [2.45, 2.75) is 43.9 Å². The normalized spacial score (nSPS) is 18.6. The van der Waals surface area contributed by atoms with Gasteiger partial charge in [0.2, 0.25) is 10.0 Å². The zero-order chi connectivity index (χ0) is 13.9. The molecule has 1 saturated carbocycles. The van der Waals surface area contributed by atoms with Crippen LogP contribution in [0.5, 0.6) is 5.75 Å². The molecule has 0 atom stereocenters. The maximum atomic E-state index is 12.2. The molecule has 19 heavy (non-hydrogen) atoms. The van der Waals surface area contributed by atoms with Crippen LogP contribution < -0.4 is 4.72 Å². The third kappa shape index (κ3) is 3.09. The van der Waals surface area contributed by atoms with Crippen LogP contribution in [0.2, 0.25) is 0 Å². The quantitative estimate of drug-likeness (QED) is 0.873. The number of hydrogen-bond donors (Lipinski definition) is 2. The van der Waals surface area contributed by atoms with Crippen LogP contribution in [0.15, 0.2) is 29.2 Å². The molecule has 0 saturated heterocycles. The van der Waals surface area contributed by atoms with Crippen LogP contribution in [0, 0.1) is 5.41 Å². The minimum Gasteiger partial charge on any atom is -0.507 e. The lowest BCUT2D eigenvalue weighted by atomic mass is 9.84. The van der Waals surface area contributed by atoms with Gasteiger partial charge in [-0.05, 0) is 36.8 Å². The summed E-state index contributed by atoms with van der Waals surface area (Å²) in [6.45, 7) is 2.57. The first-order chi connectivity index (χ1) is 8.99. The molecule has 0 aromatic heterocycles. The lowest BCUT2D eigenvalue weighted by molar-refractivity contribution is 0.285. The van der Waals surface area contributed by atoms with Gasteiger partial charge in [0.15, 0.2) is 0 Å². The lowest BCUT2D eigenvalue weighted by Gasteiger charge is -2.27. The average molecular weight is 283 g/mol. The summed E-state index contributed by atoms with van der Waals surface area (Å²) in [6.07, 6.45) is 5.48. The number of nitrogens with one attached hydrogen (secondary N) is 1. The van der Waals surface area contributed by atoms with E-state index in [1.165, 1.54) is 25.0 Å². The smallest absolute Gasteiger partial charge is 0.244 e. The molecule has 1 aliphatic rings. The van der Waals surface area contributed by atoms with Gasteiger partial charge in [-0.1, -0.05) is 31.9 Å². The molecule has 2 N–H and O–H groups in total. The number of rotatable bonds is 5. The first-order valence-corrected chi connectivity index (χ1v) is 8.25. The summed E-state index contributed by atoms with van der Waals surface area (Å²) in [4.78, 5) is -0.0424. The molecule has 0 spiro atoms. The number of hydrogen-bond acceptors (Lipinski definition) is 3. The first-order valence-electron chi connectivity index (χ1n) is 6.77. The van der Waals surface area contributed by atoms with Crippen LogP contribution >= 0.6 is 0 Å². The summed E-state index contributed by atoms with van der Waals surface area (Å²) in [7, 11) is -3.63. The van der Waals surface area contributed by atoms with Crippen LogP contribution in [0.4, 0.5) is 0 Å². The van der Waals surface area contributed by atoms with E-state index in [-0.39, 0.29) is 16.1 Å². The molecule has 1 fully saturated rings. The molecule has 2 rings (SSSR count). The Morgan fingerprint density at radius 1 is 1.26 bits per heavy atom. The van der Waals surface area contributed by atoms with E-state index < -0.39 is 10.0 Å². The van der Waals surface area contributed by atoms with Crippen molar-refractivity contribution in [2.24, 2.45) is 5.41 Å². The fraction of sp³-hybridized carbons (Fsp3) is 0.571. The van der Waals surface area contributed by atoms with Crippen molar-refractivity contribution in [3.8, 4) is 5.75 Å². The molecule has 106 valence electrons. The third-order valence-electron chi connectivity index (χ3n) is 4.21. The molecule has 4 nitrogen and oxygen atoms in total. The number of benzene rings is 1. The van der Waals surface area contributed by atoms with Crippen molar-refractivity contribution in [1.82, 2.24) is 4.72 Å². The second-order valence-electron chi connectivity index (χ2n) is 5.35. The minimum atomic E-state index is -3.63. The summed E-state index contributed by atoms with van der Waals surface area (Å²) in [6, 6.07) is 6.03. The Balaban J connectivity index is 2.12. The average Bonchev–Trinajstić information content (AvgIpc) is 2.86. The highest BCUT2D eigenvalue weighted by molar-refractivity contribution is 7.89. The fourth-order valence-corrected chi connectivity index (χ4v) is 4.04. The number of phenols is 1. The number of para-hydroxylation sites is 1. The molecule has 0 aliphatic heterocycles. The van der Waals surface area contributed by atoms with Crippen molar-refractivity contribution < 1.29 is 13.5 Å². The summed E-state index contributed by atoms with van der Waals surface area (Å²) in [5.74, 6) is -0.202. The molecule has 0 radical (unpaired) electrons. The van der Waals surface area contributed by atoms with Gasteiger partial charge in [0.25, 0.3) is 0 Å². The first kappa shape index (κ1) is 14.3. The Bertz CT molecular complexity index is 533. The van der Waals surface area contributed by atoms with E-state index in [2.05, 4.69) is 11.6 Å². The van der Waals surface area contributed by atoms with Crippen molar-refractivity contribution in [3.63, 3.8) is 0 Å². The molecule has 0 unspecified atom stereocenters. The molecule has 1 aromatic rings. The highest BCUT2D eigenvalue weighted by Crippen LogP contribution is 2.40. The third-order valence-corrected chi connectivity index (χ3v) is 5.65. The van der Waals surface area contributed by atoms with E-state index in [9.17, 15) is 13.5 Å². The molecule has 0 heterocycles. The molecular formula is C14H21NO3S. The van der Waals surface area contributed by atoms with Crippen molar-refractivity contribution >= 4 is 10.0 Å². The zero-order valence-electron chi connectivity index (χ0n) is 11.2. The number of aromatic hydroxyl groups is 1. The molecule has 5 heteroatoms.